The van der Waals surface area contributed by atoms with Crippen molar-refractivity contribution < 1.29 is 4.79 Å². The van der Waals surface area contributed by atoms with Crippen molar-refractivity contribution >= 4 is 23.4 Å². The normalized spacial score (nSPS) is 12.8. The summed E-state index contributed by atoms with van der Waals surface area (Å²) in [5.74, 6) is 0.0535. The lowest BCUT2D eigenvalue weighted by atomic mass is 9.95. The third-order valence-electron chi connectivity index (χ3n) is 5.56. The van der Waals surface area contributed by atoms with E-state index in [0.29, 0.717) is 10.6 Å². The van der Waals surface area contributed by atoms with Gasteiger partial charge in [-0.3, -0.25) is 4.79 Å². The van der Waals surface area contributed by atoms with Crippen molar-refractivity contribution in [1.29, 1.82) is 5.26 Å². The Bertz CT molecular complexity index is 1170. The SMILES string of the molecule is Cc1ccc(-n2nc(C)c(NC(=O)CSc3nc4c(cc3C#N)CCCC4)c2C)cc1. The van der Waals surface area contributed by atoms with Crippen molar-refractivity contribution in [3.05, 3.63) is 64.1 Å². The van der Waals surface area contributed by atoms with Crippen LogP contribution in [0.25, 0.3) is 5.69 Å². The van der Waals surface area contributed by atoms with Crippen LogP contribution in [0.2, 0.25) is 0 Å². The number of carbonyl (C=O) groups is 1. The molecule has 1 aromatic carbocycles. The number of benzene rings is 1. The van der Waals surface area contributed by atoms with E-state index in [-0.39, 0.29) is 11.7 Å². The smallest absolute Gasteiger partial charge is 0.234 e. The quantitative estimate of drug-likeness (QED) is 0.593. The molecule has 0 fully saturated rings. The molecule has 7 heteroatoms. The van der Waals surface area contributed by atoms with Gasteiger partial charge in [-0.1, -0.05) is 29.5 Å². The van der Waals surface area contributed by atoms with Crippen molar-refractivity contribution in [2.75, 3.05) is 11.1 Å². The maximum Gasteiger partial charge on any atom is 0.234 e. The number of rotatable bonds is 5. The average Bonchev–Trinajstić information content (AvgIpc) is 3.05. The molecule has 3 aromatic rings. The molecule has 0 saturated heterocycles. The van der Waals surface area contributed by atoms with Gasteiger partial charge in [-0.2, -0.15) is 10.4 Å². The minimum atomic E-state index is -0.136. The first-order valence-corrected chi connectivity index (χ1v) is 11.4. The van der Waals surface area contributed by atoms with Crippen LogP contribution in [-0.4, -0.2) is 26.4 Å². The molecule has 0 aliphatic heterocycles. The summed E-state index contributed by atoms with van der Waals surface area (Å²) in [6, 6.07) is 12.3. The van der Waals surface area contributed by atoms with E-state index in [1.807, 2.05) is 55.8 Å². The Morgan fingerprint density at radius 2 is 1.94 bits per heavy atom. The van der Waals surface area contributed by atoms with Gasteiger partial charge in [0.15, 0.2) is 0 Å². The summed E-state index contributed by atoms with van der Waals surface area (Å²) in [5, 5.41) is 17.7. The molecule has 0 bridgehead atoms. The molecule has 0 unspecified atom stereocenters. The van der Waals surface area contributed by atoms with Gasteiger partial charge in [0, 0.05) is 5.69 Å². The Balaban J connectivity index is 1.48. The van der Waals surface area contributed by atoms with Crippen LogP contribution in [0.15, 0.2) is 35.4 Å². The zero-order valence-electron chi connectivity index (χ0n) is 18.0. The lowest BCUT2D eigenvalue weighted by Gasteiger charge is -2.16. The van der Waals surface area contributed by atoms with Crippen molar-refractivity contribution in [2.24, 2.45) is 0 Å². The van der Waals surface area contributed by atoms with Crippen LogP contribution in [0.1, 0.15) is 46.6 Å². The Morgan fingerprint density at radius 1 is 1.19 bits per heavy atom. The molecule has 0 spiro atoms. The number of nitrogens with one attached hydrogen (secondary N) is 1. The van der Waals surface area contributed by atoms with E-state index in [1.54, 1.807) is 0 Å². The van der Waals surface area contributed by atoms with Crippen LogP contribution in [0.5, 0.6) is 0 Å². The lowest BCUT2D eigenvalue weighted by molar-refractivity contribution is -0.113. The number of aryl methyl sites for hydroxylation is 4. The second-order valence-corrected chi connectivity index (χ2v) is 8.86. The highest BCUT2D eigenvalue weighted by atomic mass is 32.2. The monoisotopic (exact) mass is 431 g/mol. The Kier molecular flexibility index (Phi) is 6.10. The molecular formula is C24H25N5OS. The number of nitrogens with zero attached hydrogens (tertiary/aromatic N) is 4. The Morgan fingerprint density at radius 3 is 2.68 bits per heavy atom. The summed E-state index contributed by atoms with van der Waals surface area (Å²) >= 11 is 1.32. The molecule has 2 aromatic heterocycles. The molecule has 1 aliphatic carbocycles. The minimum absolute atomic E-state index is 0.136. The first-order valence-electron chi connectivity index (χ1n) is 10.4. The molecule has 2 heterocycles. The van der Waals surface area contributed by atoms with Gasteiger partial charge in [0.2, 0.25) is 5.91 Å². The predicted octanol–water partition coefficient (Wildman–Crippen LogP) is 4.67. The van der Waals surface area contributed by atoms with Gasteiger partial charge < -0.3 is 5.32 Å². The summed E-state index contributed by atoms with van der Waals surface area (Å²) in [4.78, 5) is 17.4. The third kappa shape index (κ3) is 4.49. The zero-order chi connectivity index (χ0) is 22.0. The van der Waals surface area contributed by atoms with Crippen molar-refractivity contribution in [1.82, 2.24) is 14.8 Å². The standard InChI is InChI=1S/C24H25N5OS/c1-15-8-10-20(11-9-15)29-17(3)23(16(2)28-29)27-22(30)14-31-24-19(13-25)12-18-6-4-5-7-21(18)26-24/h8-12H,4-7,14H2,1-3H3,(H,27,30). The number of fused-ring (bicyclic) bond motifs is 1. The molecule has 1 aliphatic rings. The highest BCUT2D eigenvalue weighted by Crippen LogP contribution is 2.28. The highest BCUT2D eigenvalue weighted by molar-refractivity contribution is 8.00. The van der Waals surface area contributed by atoms with Crippen LogP contribution in [0, 0.1) is 32.1 Å². The van der Waals surface area contributed by atoms with Crippen LogP contribution in [-0.2, 0) is 17.6 Å². The van der Waals surface area contributed by atoms with Crippen molar-refractivity contribution in [2.45, 2.75) is 51.5 Å². The first kappa shape index (κ1) is 21.1. The topological polar surface area (TPSA) is 83.6 Å². The predicted molar refractivity (Wildman–Crippen MR) is 123 cm³/mol. The number of carbonyl (C=O) groups excluding carboxylic acids is 1. The van der Waals surface area contributed by atoms with E-state index < -0.39 is 0 Å². The van der Waals surface area contributed by atoms with E-state index in [2.05, 4.69) is 16.5 Å². The minimum Gasteiger partial charge on any atom is -0.322 e. The maximum absolute atomic E-state index is 12.7. The fourth-order valence-electron chi connectivity index (χ4n) is 3.88. The Hall–Kier alpha value is -3.11. The molecule has 0 atom stereocenters. The summed E-state index contributed by atoms with van der Waals surface area (Å²) in [7, 11) is 0. The number of aromatic nitrogens is 3. The van der Waals surface area contributed by atoms with E-state index in [4.69, 9.17) is 4.98 Å². The van der Waals surface area contributed by atoms with E-state index in [0.717, 1.165) is 54.1 Å². The number of anilines is 1. The van der Waals surface area contributed by atoms with Crippen LogP contribution < -0.4 is 5.32 Å². The zero-order valence-corrected chi connectivity index (χ0v) is 18.8. The molecule has 6 nitrogen and oxygen atoms in total. The van der Waals surface area contributed by atoms with Crippen molar-refractivity contribution in [3.8, 4) is 11.8 Å². The second kappa shape index (κ2) is 8.94. The molecular weight excluding hydrogens is 406 g/mol. The maximum atomic E-state index is 12.7. The van der Waals surface area contributed by atoms with Gasteiger partial charge in [0.25, 0.3) is 0 Å². The average molecular weight is 432 g/mol. The number of hydrogen-bond donors (Lipinski definition) is 1. The van der Waals surface area contributed by atoms with Gasteiger partial charge in [0.1, 0.15) is 11.1 Å². The summed E-state index contributed by atoms with van der Waals surface area (Å²) in [6.07, 6.45) is 4.19. The number of nitriles is 1. The largest absolute Gasteiger partial charge is 0.322 e. The molecule has 0 saturated carbocycles. The molecule has 1 amide bonds. The molecule has 31 heavy (non-hydrogen) atoms. The Labute approximate surface area is 186 Å². The van der Waals surface area contributed by atoms with Gasteiger partial charge in [-0.15, -0.1) is 0 Å². The van der Waals surface area contributed by atoms with Crippen LogP contribution >= 0.6 is 11.8 Å². The van der Waals surface area contributed by atoms with Crippen LogP contribution in [0.4, 0.5) is 5.69 Å². The summed E-state index contributed by atoms with van der Waals surface area (Å²) in [5.41, 5.74) is 7.31. The molecule has 0 radical (unpaired) electrons. The fraction of sp³-hybridized carbons (Fsp3) is 0.333. The van der Waals surface area contributed by atoms with Crippen molar-refractivity contribution in [3.63, 3.8) is 0 Å². The molecule has 4 rings (SSSR count). The van der Waals surface area contributed by atoms with Gasteiger partial charge >= 0.3 is 0 Å². The van der Waals surface area contributed by atoms with E-state index >= 15 is 0 Å². The lowest BCUT2D eigenvalue weighted by Crippen LogP contribution is -2.16. The highest BCUT2D eigenvalue weighted by Gasteiger charge is 2.18. The number of pyridine rings is 1. The van der Waals surface area contributed by atoms with Crippen LogP contribution in [0.3, 0.4) is 0 Å². The summed E-state index contributed by atoms with van der Waals surface area (Å²) in [6.45, 7) is 5.88. The number of hydrogen-bond acceptors (Lipinski definition) is 5. The van der Waals surface area contributed by atoms with E-state index in [9.17, 15) is 10.1 Å². The third-order valence-corrected chi connectivity index (χ3v) is 6.55. The molecule has 1 N–H and O–H groups in total. The van der Waals surface area contributed by atoms with Gasteiger partial charge in [-0.05, 0) is 70.2 Å². The first-order chi connectivity index (χ1) is 15.0. The summed E-state index contributed by atoms with van der Waals surface area (Å²) < 4.78 is 1.84. The fourth-order valence-corrected chi connectivity index (χ4v) is 4.65. The number of thioether (sulfide) groups is 1. The van der Waals surface area contributed by atoms with E-state index in [1.165, 1.54) is 22.9 Å². The number of amides is 1. The molecule has 158 valence electrons. The second-order valence-electron chi connectivity index (χ2n) is 7.90. The van der Waals surface area contributed by atoms with Gasteiger partial charge in [0.05, 0.1) is 34.1 Å². The van der Waals surface area contributed by atoms with Gasteiger partial charge in [-0.25, -0.2) is 9.67 Å².